The Labute approximate surface area is 67.7 Å². The molecule has 0 aromatic heterocycles. The summed E-state index contributed by atoms with van der Waals surface area (Å²) in [5.74, 6) is 1.05. The van der Waals surface area contributed by atoms with E-state index in [1.807, 2.05) is 0 Å². The minimum absolute atomic E-state index is 0.525. The molecule has 1 unspecified atom stereocenters. The quantitative estimate of drug-likeness (QED) is 0.675. The molecule has 1 heterocycles. The lowest BCUT2D eigenvalue weighted by Gasteiger charge is -1.98. The van der Waals surface area contributed by atoms with Crippen molar-refractivity contribution >= 4 is 19.6 Å². The van der Waals surface area contributed by atoms with Crippen LogP contribution < -0.4 is 0 Å². The lowest BCUT2D eigenvalue weighted by Crippen LogP contribution is -2.04. The first-order valence-corrected chi connectivity index (χ1v) is 7.16. The Hall–Kier alpha value is -0.100. The van der Waals surface area contributed by atoms with E-state index in [9.17, 15) is 8.42 Å². The molecule has 0 spiro atoms. The Morgan fingerprint density at radius 1 is 1.45 bits per heavy atom. The number of nitrogens with zero attached hydrogens (tertiary/aromatic N) is 1. The van der Waals surface area contributed by atoms with Crippen molar-refractivity contribution in [1.29, 1.82) is 4.78 Å². The maximum Gasteiger partial charge on any atom is 0.152 e. The molecule has 1 aliphatic rings. The molecule has 0 radical (unpaired) electrons. The zero-order valence-electron chi connectivity index (χ0n) is 6.41. The van der Waals surface area contributed by atoms with Gasteiger partial charge in [0.05, 0.1) is 9.73 Å². The van der Waals surface area contributed by atoms with Gasteiger partial charge in [-0.05, 0) is 12.8 Å². The van der Waals surface area contributed by atoms with Crippen LogP contribution in [0.3, 0.4) is 0 Å². The molecule has 1 saturated heterocycles. The molecule has 11 heavy (non-hydrogen) atoms. The van der Waals surface area contributed by atoms with E-state index in [1.54, 1.807) is 0 Å². The standard InChI is InChI=1S/C5H12N2O2S2/c1-10(6,8)7-11(9)4-2-3-5-11/h6H,2-5H2,1H3. The van der Waals surface area contributed by atoms with Crippen LogP contribution in [0.25, 0.3) is 0 Å². The molecule has 4 nitrogen and oxygen atoms in total. The second kappa shape index (κ2) is 2.75. The van der Waals surface area contributed by atoms with Gasteiger partial charge in [0.2, 0.25) is 0 Å². The van der Waals surface area contributed by atoms with Crippen molar-refractivity contribution in [2.45, 2.75) is 12.8 Å². The fourth-order valence-corrected chi connectivity index (χ4v) is 5.28. The molecule has 66 valence electrons. The summed E-state index contributed by atoms with van der Waals surface area (Å²) in [7, 11) is -5.17. The first-order valence-electron chi connectivity index (χ1n) is 3.39. The van der Waals surface area contributed by atoms with Crippen LogP contribution in [0.5, 0.6) is 0 Å². The van der Waals surface area contributed by atoms with Crippen molar-refractivity contribution < 1.29 is 8.42 Å². The van der Waals surface area contributed by atoms with Gasteiger partial charge in [0.15, 0.2) is 9.92 Å². The lowest BCUT2D eigenvalue weighted by molar-refractivity contribution is 0.675. The van der Waals surface area contributed by atoms with Gasteiger partial charge in [-0.3, -0.25) is 0 Å². The van der Waals surface area contributed by atoms with Crippen molar-refractivity contribution in [3.05, 3.63) is 0 Å². The van der Waals surface area contributed by atoms with Crippen LogP contribution in [0.2, 0.25) is 0 Å². The summed E-state index contributed by atoms with van der Waals surface area (Å²) in [6.07, 6.45) is 2.98. The van der Waals surface area contributed by atoms with E-state index < -0.39 is 19.6 Å². The van der Waals surface area contributed by atoms with Gasteiger partial charge < -0.3 is 0 Å². The van der Waals surface area contributed by atoms with Gasteiger partial charge in [-0.2, -0.15) is 0 Å². The van der Waals surface area contributed by atoms with E-state index in [2.05, 4.69) is 3.77 Å². The van der Waals surface area contributed by atoms with Crippen molar-refractivity contribution in [2.75, 3.05) is 17.8 Å². The van der Waals surface area contributed by atoms with E-state index in [0.717, 1.165) is 12.8 Å². The first kappa shape index (κ1) is 8.99. The molecule has 1 N–H and O–H groups in total. The highest BCUT2D eigenvalue weighted by Crippen LogP contribution is 2.14. The maximum atomic E-state index is 11.5. The van der Waals surface area contributed by atoms with Gasteiger partial charge in [-0.15, -0.1) is 3.77 Å². The predicted octanol–water partition coefficient (Wildman–Crippen LogP) is 0.840. The van der Waals surface area contributed by atoms with Gasteiger partial charge >= 0.3 is 0 Å². The minimum Gasteiger partial charge on any atom is -0.249 e. The second-order valence-corrected chi connectivity index (χ2v) is 7.33. The zero-order chi connectivity index (χ0) is 8.54. The van der Waals surface area contributed by atoms with Crippen molar-refractivity contribution in [3.8, 4) is 0 Å². The van der Waals surface area contributed by atoms with Crippen LogP contribution in [-0.4, -0.2) is 26.2 Å². The van der Waals surface area contributed by atoms with Crippen LogP contribution in [0, 0.1) is 4.78 Å². The molecule has 0 saturated carbocycles. The van der Waals surface area contributed by atoms with Gasteiger partial charge in [0, 0.05) is 17.8 Å². The van der Waals surface area contributed by atoms with Crippen molar-refractivity contribution in [3.63, 3.8) is 0 Å². The summed E-state index contributed by atoms with van der Waals surface area (Å²) in [6.45, 7) is 0. The van der Waals surface area contributed by atoms with Crippen LogP contribution >= 0.6 is 0 Å². The number of hydrogen-bond acceptors (Lipinski definition) is 3. The van der Waals surface area contributed by atoms with Gasteiger partial charge in [-0.1, -0.05) is 0 Å². The fraction of sp³-hybridized carbons (Fsp3) is 1.00. The highest BCUT2D eigenvalue weighted by Gasteiger charge is 2.17. The van der Waals surface area contributed by atoms with Gasteiger partial charge in [0.1, 0.15) is 0 Å². The molecule has 6 heteroatoms. The largest absolute Gasteiger partial charge is 0.249 e. The summed E-state index contributed by atoms with van der Waals surface area (Å²) >= 11 is 0. The molecule has 1 fully saturated rings. The molecular formula is C5H12N2O2S2. The van der Waals surface area contributed by atoms with Crippen molar-refractivity contribution in [1.82, 2.24) is 0 Å². The highest BCUT2D eigenvalue weighted by atomic mass is 32.3. The molecule has 1 rings (SSSR count). The SMILES string of the molecule is CS(=N)(=O)N=S1(=O)CCCC1. The fourth-order valence-electron chi connectivity index (χ4n) is 1.09. The van der Waals surface area contributed by atoms with E-state index >= 15 is 0 Å². The van der Waals surface area contributed by atoms with Crippen molar-refractivity contribution in [2.24, 2.45) is 3.77 Å². The summed E-state index contributed by atoms with van der Waals surface area (Å²) in [6, 6.07) is 0. The Kier molecular flexibility index (Phi) is 2.24. The average Bonchev–Trinajstić information content (AvgIpc) is 2.09. The minimum atomic E-state index is -2.92. The Balaban J connectivity index is 3.07. The molecule has 0 aliphatic carbocycles. The number of nitrogens with one attached hydrogen (secondary N) is 1. The molecular weight excluding hydrogens is 184 g/mol. The highest BCUT2D eigenvalue weighted by molar-refractivity contribution is 8.03. The number of rotatable bonds is 1. The van der Waals surface area contributed by atoms with E-state index in [4.69, 9.17) is 4.78 Å². The maximum absolute atomic E-state index is 11.5. The molecule has 0 amide bonds. The predicted molar refractivity (Wildman–Crippen MR) is 46.3 cm³/mol. The topological polar surface area (TPSA) is 70.3 Å². The molecule has 0 bridgehead atoms. The van der Waals surface area contributed by atoms with Crippen LogP contribution in [0.1, 0.15) is 12.8 Å². The molecule has 1 atom stereocenters. The third-order valence-corrected chi connectivity index (χ3v) is 5.53. The average molecular weight is 196 g/mol. The van der Waals surface area contributed by atoms with E-state index in [1.165, 1.54) is 6.26 Å². The summed E-state index contributed by atoms with van der Waals surface area (Å²) in [4.78, 5) is 0. The third-order valence-electron chi connectivity index (χ3n) is 1.45. The summed E-state index contributed by atoms with van der Waals surface area (Å²) in [5.41, 5.74) is 0. The number of hydrogen-bond donors (Lipinski definition) is 1. The Bertz CT molecular complexity index is 337. The summed E-state index contributed by atoms with van der Waals surface area (Å²) in [5, 5.41) is 0. The monoisotopic (exact) mass is 196 g/mol. The Morgan fingerprint density at radius 2 is 1.91 bits per heavy atom. The smallest absolute Gasteiger partial charge is 0.152 e. The normalized spacial score (nSPS) is 27.7. The van der Waals surface area contributed by atoms with Crippen LogP contribution in [0.15, 0.2) is 3.77 Å². The first-order chi connectivity index (χ1) is 4.91. The van der Waals surface area contributed by atoms with Gasteiger partial charge in [-0.25, -0.2) is 13.2 Å². The van der Waals surface area contributed by atoms with E-state index in [-0.39, 0.29) is 0 Å². The second-order valence-electron chi connectivity index (χ2n) is 2.76. The molecule has 0 aromatic carbocycles. The van der Waals surface area contributed by atoms with Crippen LogP contribution in [0.4, 0.5) is 0 Å². The third kappa shape index (κ3) is 2.78. The summed E-state index contributed by atoms with van der Waals surface area (Å²) < 4.78 is 33.0. The van der Waals surface area contributed by atoms with Gasteiger partial charge in [0.25, 0.3) is 0 Å². The zero-order valence-corrected chi connectivity index (χ0v) is 8.04. The van der Waals surface area contributed by atoms with E-state index in [0.29, 0.717) is 11.5 Å². The van der Waals surface area contributed by atoms with Crippen LogP contribution in [-0.2, 0) is 19.6 Å². The Morgan fingerprint density at radius 3 is 2.27 bits per heavy atom. The lowest BCUT2D eigenvalue weighted by atomic mass is 10.4. The molecule has 1 aliphatic heterocycles. The molecule has 0 aromatic rings.